The van der Waals surface area contributed by atoms with Gasteiger partial charge in [0, 0.05) is 12.0 Å². The lowest BCUT2D eigenvalue weighted by Gasteiger charge is -2.34. The van der Waals surface area contributed by atoms with E-state index in [-0.39, 0.29) is 24.2 Å². The SMILES string of the molecule is CB(O)N[C@@H]1C[C@H](C2(O)CCCC2)[C@H]2OC(C)(C)O[C@H]21. The van der Waals surface area contributed by atoms with E-state index in [1.54, 1.807) is 6.82 Å². The number of fused-ring (bicyclic) bond motifs is 1. The molecule has 3 N–H and O–H groups in total. The van der Waals surface area contributed by atoms with Gasteiger partial charge in [-0.25, -0.2) is 0 Å². The summed E-state index contributed by atoms with van der Waals surface area (Å²) in [5, 5.41) is 23.7. The van der Waals surface area contributed by atoms with E-state index < -0.39 is 18.4 Å². The standard InChI is InChI=1S/C14H26BNO4/c1-13(2)19-11-9(14(17)6-4-5-7-14)8-10(12(11)20-13)16-15(3)18/h9-12,16-18H,4-8H2,1-3H3/t9-,10+,11+,12-/m0/s1. The van der Waals surface area contributed by atoms with Gasteiger partial charge in [0.05, 0.1) is 11.7 Å². The summed E-state index contributed by atoms with van der Waals surface area (Å²) in [7, 11) is -0.579. The van der Waals surface area contributed by atoms with Crippen LogP contribution in [-0.2, 0) is 9.47 Å². The molecule has 20 heavy (non-hydrogen) atoms. The Balaban J connectivity index is 1.81. The number of hydrogen-bond donors (Lipinski definition) is 3. The fourth-order valence-electron chi connectivity index (χ4n) is 4.34. The van der Waals surface area contributed by atoms with Crippen LogP contribution in [0.5, 0.6) is 0 Å². The summed E-state index contributed by atoms with van der Waals surface area (Å²) in [5.74, 6) is -0.519. The van der Waals surface area contributed by atoms with E-state index in [9.17, 15) is 10.1 Å². The molecule has 0 aromatic carbocycles. The predicted octanol–water partition coefficient (Wildman–Crippen LogP) is 0.900. The van der Waals surface area contributed by atoms with Gasteiger partial charge in [0.15, 0.2) is 5.79 Å². The molecule has 0 spiro atoms. The highest BCUT2D eigenvalue weighted by molar-refractivity contribution is 6.45. The highest BCUT2D eigenvalue weighted by Gasteiger charge is 2.59. The van der Waals surface area contributed by atoms with Crippen molar-refractivity contribution in [3.8, 4) is 0 Å². The van der Waals surface area contributed by atoms with Crippen molar-refractivity contribution >= 4 is 7.05 Å². The summed E-state index contributed by atoms with van der Waals surface area (Å²) in [6.45, 7) is 5.55. The monoisotopic (exact) mass is 283 g/mol. The largest absolute Gasteiger partial charge is 0.437 e. The van der Waals surface area contributed by atoms with Gasteiger partial charge in [-0.3, -0.25) is 0 Å². The number of ether oxygens (including phenoxy) is 2. The summed E-state index contributed by atoms with van der Waals surface area (Å²) in [6.07, 6.45) is 4.51. The van der Waals surface area contributed by atoms with Crippen LogP contribution in [0.2, 0.25) is 6.82 Å². The first-order valence-corrected chi connectivity index (χ1v) is 7.83. The maximum absolute atomic E-state index is 10.9. The highest BCUT2D eigenvalue weighted by Crippen LogP contribution is 2.50. The van der Waals surface area contributed by atoms with Crippen LogP contribution in [-0.4, -0.2) is 46.8 Å². The molecule has 0 radical (unpaired) electrons. The minimum absolute atomic E-state index is 0.0383. The van der Waals surface area contributed by atoms with Crippen LogP contribution in [0.1, 0.15) is 46.0 Å². The molecule has 1 aliphatic heterocycles. The predicted molar refractivity (Wildman–Crippen MR) is 76.1 cm³/mol. The lowest BCUT2D eigenvalue weighted by atomic mass is 9.82. The Hall–Kier alpha value is -0.135. The van der Waals surface area contributed by atoms with Crippen molar-refractivity contribution in [2.24, 2.45) is 5.92 Å². The maximum atomic E-state index is 10.9. The molecule has 3 fully saturated rings. The fraction of sp³-hybridized carbons (Fsp3) is 1.00. The fourth-order valence-corrected chi connectivity index (χ4v) is 4.34. The molecular weight excluding hydrogens is 257 g/mol. The van der Waals surface area contributed by atoms with Gasteiger partial charge >= 0.3 is 7.05 Å². The van der Waals surface area contributed by atoms with E-state index in [1.807, 2.05) is 13.8 Å². The van der Waals surface area contributed by atoms with E-state index in [4.69, 9.17) is 9.47 Å². The third kappa shape index (κ3) is 2.52. The van der Waals surface area contributed by atoms with Gasteiger partial charge in [0.25, 0.3) is 0 Å². The Morgan fingerprint density at radius 1 is 1.15 bits per heavy atom. The van der Waals surface area contributed by atoms with Crippen LogP contribution in [0, 0.1) is 5.92 Å². The second-order valence-corrected chi connectivity index (χ2v) is 7.17. The number of nitrogens with one attached hydrogen (secondary N) is 1. The lowest BCUT2D eigenvalue weighted by molar-refractivity contribution is -0.170. The topological polar surface area (TPSA) is 71.0 Å². The van der Waals surface area contributed by atoms with E-state index in [2.05, 4.69) is 5.23 Å². The van der Waals surface area contributed by atoms with Crippen molar-refractivity contribution in [2.75, 3.05) is 0 Å². The molecule has 4 atom stereocenters. The molecule has 3 aliphatic rings. The lowest BCUT2D eigenvalue weighted by Crippen LogP contribution is -2.46. The van der Waals surface area contributed by atoms with Crippen LogP contribution in [0.25, 0.3) is 0 Å². The Labute approximate surface area is 121 Å². The number of rotatable bonds is 3. The average Bonchev–Trinajstić information content (AvgIpc) is 2.95. The smallest absolute Gasteiger partial charge is 0.373 e. The normalized spacial score (nSPS) is 41.9. The van der Waals surface area contributed by atoms with Crippen molar-refractivity contribution in [1.29, 1.82) is 0 Å². The molecule has 2 saturated carbocycles. The van der Waals surface area contributed by atoms with Gasteiger partial charge in [-0.2, -0.15) is 0 Å². The molecule has 6 heteroatoms. The quantitative estimate of drug-likeness (QED) is 0.671. The number of aliphatic hydroxyl groups is 1. The molecule has 2 aliphatic carbocycles. The molecule has 3 rings (SSSR count). The zero-order chi connectivity index (χ0) is 14.5. The first-order valence-electron chi connectivity index (χ1n) is 7.83. The first kappa shape index (κ1) is 14.8. The van der Waals surface area contributed by atoms with Crippen molar-refractivity contribution in [2.45, 2.75) is 82.4 Å². The van der Waals surface area contributed by atoms with E-state index in [1.165, 1.54) is 0 Å². The molecule has 5 nitrogen and oxygen atoms in total. The van der Waals surface area contributed by atoms with Gasteiger partial charge in [-0.1, -0.05) is 12.8 Å². The molecular formula is C14H26BNO4. The minimum atomic E-state index is -0.623. The molecule has 114 valence electrons. The van der Waals surface area contributed by atoms with Crippen LogP contribution in [0.4, 0.5) is 0 Å². The third-order valence-corrected chi connectivity index (χ3v) is 5.08. The molecule has 1 heterocycles. The van der Waals surface area contributed by atoms with Crippen LogP contribution >= 0.6 is 0 Å². The summed E-state index contributed by atoms with van der Waals surface area (Å²) in [5.41, 5.74) is -0.623. The van der Waals surface area contributed by atoms with Gasteiger partial charge in [0.1, 0.15) is 6.10 Å². The van der Waals surface area contributed by atoms with Gasteiger partial charge in [0.2, 0.25) is 0 Å². The van der Waals surface area contributed by atoms with Crippen molar-refractivity contribution < 1.29 is 19.6 Å². The zero-order valence-corrected chi connectivity index (χ0v) is 12.6. The Morgan fingerprint density at radius 2 is 1.75 bits per heavy atom. The third-order valence-electron chi connectivity index (χ3n) is 5.08. The maximum Gasteiger partial charge on any atom is 0.373 e. The van der Waals surface area contributed by atoms with Crippen molar-refractivity contribution in [1.82, 2.24) is 5.23 Å². The van der Waals surface area contributed by atoms with Crippen LogP contribution in [0.3, 0.4) is 0 Å². The van der Waals surface area contributed by atoms with Gasteiger partial charge < -0.3 is 24.8 Å². The van der Waals surface area contributed by atoms with Crippen molar-refractivity contribution in [3.63, 3.8) is 0 Å². The minimum Gasteiger partial charge on any atom is -0.437 e. The molecule has 0 unspecified atom stereocenters. The second-order valence-electron chi connectivity index (χ2n) is 7.17. The Bertz CT molecular complexity index is 370. The second kappa shape index (κ2) is 4.95. The zero-order valence-electron chi connectivity index (χ0n) is 12.6. The molecule has 0 aromatic heterocycles. The van der Waals surface area contributed by atoms with Crippen LogP contribution < -0.4 is 5.23 Å². The van der Waals surface area contributed by atoms with E-state index >= 15 is 0 Å². The van der Waals surface area contributed by atoms with Gasteiger partial charge in [-0.15, -0.1) is 0 Å². The number of hydrogen-bond acceptors (Lipinski definition) is 5. The average molecular weight is 283 g/mol. The summed E-state index contributed by atoms with van der Waals surface area (Å²) < 4.78 is 12.1. The molecule has 0 bridgehead atoms. The summed E-state index contributed by atoms with van der Waals surface area (Å²) in [6, 6.07) is 0.0383. The molecule has 0 amide bonds. The van der Waals surface area contributed by atoms with Gasteiger partial charge in [-0.05, 0) is 39.9 Å². The van der Waals surface area contributed by atoms with Crippen LogP contribution in [0.15, 0.2) is 0 Å². The van der Waals surface area contributed by atoms with Crippen molar-refractivity contribution in [3.05, 3.63) is 0 Å². The van der Waals surface area contributed by atoms with E-state index in [0.717, 1.165) is 32.1 Å². The molecule has 1 saturated heterocycles. The highest BCUT2D eigenvalue weighted by atomic mass is 16.8. The Kier molecular flexibility index (Phi) is 3.66. The summed E-state index contributed by atoms with van der Waals surface area (Å²) >= 11 is 0. The first-order chi connectivity index (χ1) is 9.31. The molecule has 0 aromatic rings. The Morgan fingerprint density at radius 3 is 2.35 bits per heavy atom. The summed E-state index contributed by atoms with van der Waals surface area (Å²) in [4.78, 5) is 0. The van der Waals surface area contributed by atoms with E-state index in [0.29, 0.717) is 0 Å².